The summed E-state index contributed by atoms with van der Waals surface area (Å²) in [6.45, 7) is 0.786. The minimum absolute atomic E-state index is 0.634. The number of nitrogens with zero attached hydrogens (tertiary/aromatic N) is 2. The number of imidazole rings is 1. The molecule has 150 valence electrons. The second kappa shape index (κ2) is 9.12. The minimum Gasteiger partial charge on any atom is -0.326 e. The molecule has 0 unspecified atom stereocenters. The molecule has 0 aliphatic heterocycles. The molecular weight excluding hydrogens is 395 g/mol. The molecule has 2 nitrogen and oxygen atoms in total. The summed E-state index contributed by atoms with van der Waals surface area (Å²) in [6.07, 6.45) is 7.62. The zero-order valence-electron chi connectivity index (χ0n) is 17.2. The lowest BCUT2D eigenvalue weighted by molar-refractivity contribution is -0.691. The monoisotopic (exact) mass is 418 g/mol. The van der Waals surface area contributed by atoms with Gasteiger partial charge in [0.1, 0.15) is 0 Å². The molecule has 0 bridgehead atoms. The lowest BCUT2D eigenvalue weighted by Gasteiger charge is -2.22. The van der Waals surface area contributed by atoms with Crippen LogP contribution >= 0.6 is 7.92 Å². The normalized spacial score (nSPS) is 11.0. The molecule has 5 aromatic rings. The van der Waals surface area contributed by atoms with E-state index in [-0.39, 0.29) is 0 Å². The number of para-hydroxylation sites is 1. The lowest BCUT2D eigenvalue weighted by atomic mass is 10.2. The summed E-state index contributed by atoms with van der Waals surface area (Å²) in [7, 11) is -0.634. The van der Waals surface area contributed by atoms with Gasteiger partial charge < -0.3 is 9.13 Å². The van der Waals surface area contributed by atoms with E-state index in [1.807, 2.05) is 10.6 Å². The maximum Gasteiger partial charge on any atom is 0.243 e. The van der Waals surface area contributed by atoms with E-state index >= 15 is 0 Å². The fourth-order valence-electron chi connectivity index (χ4n) is 3.80. The molecule has 0 aliphatic carbocycles. The van der Waals surface area contributed by atoms with Crippen LogP contribution in [0.2, 0.25) is 0 Å². The summed E-state index contributed by atoms with van der Waals surface area (Å²) in [5, 5.41) is 4.13. The van der Waals surface area contributed by atoms with Crippen molar-refractivity contribution in [1.29, 1.82) is 0 Å². The van der Waals surface area contributed by atoms with Gasteiger partial charge in [-0.1, -0.05) is 115 Å². The molecule has 1 aromatic heterocycles. The fourth-order valence-corrected chi connectivity index (χ4v) is 6.26. The SMILES string of the molecule is [c-]1n(-c2ccccc2)cc[n+]1Cc1ccccc1P(c1ccccc1)c1ccccc1. The first-order valence-electron chi connectivity index (χ1n) is 10.4. The average molecular weight is 418 g/mol. The smallest absolute Gasteiger partial charge is 0.243 e. The van der Waals surface area contributed by atoms with E-state index < -0.39 is 7.92 Å². The number of rotatable bonds is 6. The van der Waals surface area contributed by atoms with E-state index in [4.69, 9.17) is 0 Å². The van der Waals surface area contributed by atoms with Crippen molar-refractivity contribution in [2.24, 2.45) is 0 Å². The van der Waals surface area contributed by atoms with Crippen LogP contribution in [0.1, 0.15) is 5.56 Å². The zero-order chi connectivity index (χ0) is 20.9. The molecule has 0 fully saturated rings. The highest BCUT2D eigenvalue weighted by Gasteiger charge is 2.19. The van der Waals surface area contributed by atoms with Gasteiger partial charge in [-0.25, -0.2) is 0 Å². The average Bonchev–Trinajstić information content (AvgIpc) is 3.31. The second-order valence-corrected chi connectivity index (χ2v) is 9.55. The Balaban J connectivity index is 1.53. The van der Waals surface area contributed by atoms with Crippen LogP contribution in [0.5, 0.6) is 0 Å². The Hall–Kier alpha value is -3.48. The zero-order valence-corrected chi connectivity index (χ0v) is 18.1. The standard InChI is InChI=1S/C28H23N2P/c1-4-13-25(14-5-1)30-21-20-29(23-30)22-24-12-10-11-19-28(24)31(26-15-6-2-7-16-26)27-17-8-3-9-18-27/h1-21H,22H2. The van der Waals surface area contributed by atoms with Crippen LogP contribution in [-0.2, 0) is 6.54 Å². The van der Waals surface area contributed by atoms with Gasteiger partial charge in [0.25, 0.3) is 0 Å². The minimum atomic E-state index is -0.634. The number of aromatic nitrogens is 2. The molecule has 0 radical (unpaired) electrons. The first-order chi connectivity index (χ1) is 15.4. The third kappa shape index (κ3) is 4.35. The molecule has 1 heterocycles. The van der Waals surface area contributed by atoms with Gasteiger partial charge in [-0.2, -0.15) is 0 Å². The second-order valence-electron chi connectivity index (χ2n) is 7.37. The van der Waals surface area contributed by atoms with Gasteiger partial charge in [0.15, 0.2) is 0 Å². The van der Waals surface area contributed by atoms with Gasteiger partial charge >= 0.3 is 0 Å². The van der Waals surface area contributed by atoms with E-state index in [0.717, 1.165) is 12.2 Å². The van der Waals surface area contributed by atoms with Gasteiger partial charge in [-0.15, -0.1) is 0 Å². The van der Waals surface area contributed by atoms with Crippen molar-refractivity contribution < 1.29 is 4.57 Å². The van der Waals surface area contributed by atoms with Crippen LogP contribution in [0.25, 0.3) is 5.69 Å². The van der Waals surface area contributed by atoms with Crippen LogP contribution < -0.4 is 20.5 Å². The molecule has 31 heavy (non-hydrogen) atoms. The molecular formula is C28H23N2P. The summed E-state index contributed by atoms with van der Waals surface area (Å²) >= 11 is 0. The van der Waals surface area contributed by atoms with E-state index in [9.17, 15) is 0 Å². The van der Waals surface area contributed by atoms with Crippen LogP contribution in [0.4, 0.5) is 0 Å². The van der Waals surface area contributed by atoms with Gasteiger partial charge in [0, 0.05) is 18.0 Å². The quantitative estimate of drug-likeness (QED) is 0.220. The lowest BCUT2D eigenvalue weighted by Crippen LogP contribution is -2.35. The molecule has 5 rings (SSSR count). The number of hydrogen-bond acceptors (Lipinski definition) is 0. The predicted molar refractivity (Wildman–Crippen MR) is 129 cm³/mol. The molecule has 0 amide bonds. The van der Waals surface area contributed by atoms with Crippen molar-refractivity contribution in [1.82, 2.24) is 4.57 Å². The Morgan fingerprint density at radius 2 is 1.19 bits per heavy atom. The van der Waals surface area contributed by atoms with Gasteiger partial charge in [-0.3, -0.25) is 0 Å². The third-order valence-corrected chi connectivity index (χ3v) is 7.82. The van der Waals surface area contributed by atoms with E-state index in [0.29, 0.717) is 0 Å². The molecule has 0 saturated carbocycles. The summed E-state index contributed by atoms with van der Waals surface area (Å²) in [5.41, 5.74) is 2.44. The summed E-state index contributed by atoms with van der Waals surface area (Å²) in [4.78, 5) is 0. The maximum atomic E-state index is 3.46. The molecule has 0 atom stereocenters. The van der Waals surface area contributed by atoms with E-state index in [2.05, 4.69) is 132 Å². The number of benzene rings is 4. The van der Waals surface area contributed by atoms with Crippen LogP contribution in [0, 0.1) is 6.33 Å². The molecule has 3 heteroatoms. The Bertz CT molecular complexity index is 1210. The van der Waals surface area contributed by atoms with Crippen molar-refractivity contribution >= 4 is 23.8 Å². The van der Waals surface area contributed by atoms with Crippen LogP contribution in [0.15, 0.2) is 128 Å². The molecule has 0 saturated heterocycles. The van der Waals surface area contributed by atoms with Gasteiger partial charge in [-0.05, 0) is 23.8 Å². The van der Waals surface area contributed by atoms with Crippen molar-refractivity contribution in [3.05, 3.63) is 140 Å². The predicted octanol–water partition coefficient (Wildman–Crippen LogP) is 4.37. The largest absolute Gasteiger partial charge is 0.326 e. The fraction of sp³-hybridized carbons (Fsp3) is 0.0357. The Morgan fingerprint density at radius 3 is 1.84 bits per heavy atom. The van der Waals surface area contributed by atoms with Crippen molar-refractivity contribution in [2.75, 3.05) is 0 Å². The van der Waals surface area contributed by atoms with Gasteiger partial charge in [0.05, 0.1) is 12.2 Å². The topological polar surface area (TPSA) is 8.81 Å². The van der Waals surface area contributed by atoms with E-state index in [1.165, 1.54) is 21.5 Å². The molecule has 4 aromatic carbocycles. The Morgan fingerprint density at radius 1 is 0.645 bits per heavy atom. The molecule has 0 spiro atoms. The van der Waals surface area contributed by atoms with Crippen LogP contribution in [0.3, 0.4) is 0 Å². The van der Waals surface area contributed by atoms with Gasteiger partial charge in [0.2, 0.25) is 6.33 Å². The van der Waals surface area contributed by atoms with E-state index in [1.54, 1.807) is 0 Å². The van der Waals surface area contributed by atoms with Crippen LogP contribution in [-0.4, -0.2) is 4.57 Å². The third-order valence-electron chi connectivity index (χ3n) is 5.27. The van der Waals surface area contributed by atoms with Crippen molar-refractivity contribution in [3.63, 3.8) is 0 Å². The highest BCUT2D eigenvalue weighted by atomic mass is 31.1. The van der Waals surface area contributed by atoms with Crippen molar-refractivity contribution in [2.45, 2.75) is 6.54 Å². The van der Waals surface area contributed by atoms with Crippen molar-refractivity contribution in [3.8, 4) is 5.69 Å². The highest BCUT2D eigenvalue weighted by molar-refractivity contribution is 7.79. The summed E-state index contributed by atoms with van der Waals surface area (Å²) in [5.74, 6) is 0. The molecule has 0 aliphatic rings. The number of hydrogen-bond donors (Lipinski definition) is 0. The molecule has 0 N–H and O–H groups in total. The summed E-state index contributed by atoms with van der Waals surface area (Å²) < 4.78 is 4.18. The first kappa shape index (κ1) is 19.5. The maximum absolute atomic E-state index is 3.46. The summed E-state index contributed by atoms with van der Waals surface area (Å²) in [6, 6.07) is 40.9. The Kier molecular flexibility index (Phi) is 5.73. The Labute approximate surface area is 184 Å². The first-order valence-corrected chi connectivity index (χ1v) is 11.8. The highest BCUT2D eigenvalue weighted by Crippen LogP contribution is 2.33.